The minimum atomic E-state index is -3.72. The fourth-order valence-corrected chi connectivity index (χ4v) is 3.66. The van der Waals surface area contributed by atoms with Crippen LogP contribution in [-0.2, 0) is 21.4 Å². The first-order chi connectivity index (χ1) is 12.2. The summed E-state index contributed by atoms with van der Waals surface area (Å²) < 4.78 is 32.1. The minimum absolute atomic E-state index is 0.147. The molecule has 0 atom stereocenters. The van der Waals surface area contributed by atoms with E-state index in [9.17, 15) is 13.2 Å². The molecule has 2 aromatic carbocycles. The summed E-state index contributed by atoms with van der Waals surface area (Å²) in [5.74, 6) is 0.451. The lowest BCUT2D eigenvalue weighted by molar-refractivity contribution is -0.130. The molecule has 0 radical (unpaired) electrons. The van der Waals surface area contributed by atoms with Crippen LogP contribution >= 0.6 is 15.9 Å². The predicted octanol–water partition coefficient (Wildman–Crippen LogP) is 2.74. The number of ether oxygens (including phenoxy) is 1. The Kier molecular flexibility index (Phi) is 6.80. The number of likely N-dealkylation sites (N-methyl/N-ethyl adjacent to an activating group) is 2. The van der Waals surface area contributed by atoms with Crippen LogP contribution in [-0.4, -0.2) is 51.3 Å². The van der Waals surface area contributed by atoms with E-state index in [1.165, 1.54) is 24.1 Å². The van der Waals surface area contributed by atoms with Gasteiger partial charge in [0.2, 0.25) is 15.9 Å². The van der Waals surface area contributed by atoms with E-state index in [0.717, 1.165) is 20.1 Å². The highest BCUT2D eigenvalue weighted by atomic mass is 79.9. The van der Waals surface area contributed by atoms with Crippen LogP contribution < -0.4 is 4.74 Å². The molecule has 0 saturated carbocycles. The Balaban J connectivity index is 2.01. The maximum atomic E-state index is 12.6. The average molecular weight is 441 g/mol. The first-order valence-electron chi connectivity index (χ1n) is 7.83. The second-order valence-electron chi connectivity index (χ2n) is 5.81. The van der Waals surface area contributed by atoms with Crippen LogP contribution in [0.25, 0.3) is 0 Å². The van der Waals surface area contributed by atoms with Gasteiger partial charge in [0.25, 0.3) is 0 Å². The fraction of sp³-hybridized carbons (Fsp3) is 0.278. The number of benzene rings is 2. The van der Waals surface area contributed by atoms with E-state index >= 15 is 0 Å². The van der Waals surface area contributed by atoms with Gasteiger partial charge in [-0.3, -0.25) is 4.79 Å². The third-order valence-corrected chi connectivity index (χ3v) is 6.23. The van der Waals surface area contributed by atoms with Crippen molar-refractivity contribution in [1.82, 2.24) is 9.21 Å². The molecule has 1 amide bonds. The van der Waals surface area contributed by atoms with Crippen molar-refractivity contribution in [2.24, 2.45) is 0 Å². The van der Waals surface area contributed by atoms with Crippen LogP contribution in [0.15, 0.2) is 57.9 Å². The van der Waals surface area contributed by atoms with Crippen molar-refractivity contribution in [3.05, 3.63) is 58.6 Å². The first kappa shape index (κ1) is 20.4. The highest BCUT2D eigenvalue weighted by Crippen LogP contribution is 2.18. The molecule has 0 saturated heterocycles. The largest absolute Gasteiger partial charge is 0.497 e. The van der Waals surface area contributed by atoms with Crippen LogP contribution in [0.2, 0.25) is 0 Å². The van der Waals surface area contributed by atoms with Crippen LogP contribution in [0.4, 0.5) is 0 Å². The second kappa shape index (κ2) is 8.66. The van der Waals surface area contributed by atoms with Crippen molar-refractivity contribution in [3.63, 3.8) is 0 Å². The molecule has 0 fully saturated rings. The van der Waals surface area contributed by atoms with Gasteiger partial charge >= 0.3 is 0 Å². The lowest BCUT2D eigenvalue weighted by Gasteiger charge is -2.22. The zero-order valence-corrected chi connectivity index (χ0v) is 17.2. The topological polar surface area (TPSA) is 66.9 Å². The van der Waals surface area contributed by atoms with Gasteiger partial charge in [-0.1, -0.05) is 28.1 Å². The maximum absolute atomic E-state index is 12.6. The number of amides is 1. The van der Waals surface area contributed by atoms with Crippen molar-refractivity contribution in [1.29, 1.82) is 0 Å². The smallest absolute Gasteiger partial charge is 0.243 e. The molecule has 2 aromatic rings. The molecule has 6 nitrogen and oxygen atoms in total. The van der Waals surface area contributed by atoms with Gasteiger partial charge in [-0.2, -0.15) is 4.31 Å². The molecular weight excluding hydrogens is 420 g/mol. The molecule has 0 heterocycles. The summed E-state index contributed by atoms with van der Waals surface area (Å²) in [4.78, 5) is 14.0. The Labute approximate surface area is 162 Å². The van der Waals surface area contributed by atoms with Crippen molar-refractivity contribution in [2.75, 3.05) is 27.7 Å². The molecule has 2 rings (SSSR count). The van der Waals surface area contributed by atoms with Crippen LogP contribution in [0.5, 0.6) is 5.75 Å². The monoisotopic (exact) mass is 440 g/mol. The van der Waals surface area contributed by atoms with Crippen molar-refractivity contribution in [2.45, 2.75) is 11.4 Å². The molecule has 0 aliphatic carbocycles. The summed E-state index contributed by atoms with van der Waals surface area (Å²) in [6.45, 7) is 0.153. The van der Waals surface area contributed by atoms with Crippen molar-refractivity contribution in [3.8, 4) is 5.75 Å². The van der Waals surface area contributed by atoms with Crippen molar-refractivity contribution >= 4 is 31.9 Å². The number of methoxy groups -OCH3 is 1. The van der Waals surface area contributed by atoms with Gasteiger partial charge in [-0.15, -0.1) is 0 Å². The van der Waals surface area contributed by atoms with Gasteiger partial charge in [-0.25, -0.2) is 8.42 Å². The van der Waals surface area contributed by atoms with E-state index in [0.29, 0.717) is 6.54 Å². The second-order valence-corrected chi connectivity index (χ2v) is 8.77. The van der Waals surface area contributed by atoms with Crippen LogP contribution in [0.3, 0.4) is 0 Å². The molecule has 0 bridgehead atoms. The molecule has 26 heavy (non-hydrogen) atoms. The van der Waals surface area contributed by atoms with E-state index in [1.807, 2.05) is 24.3 Å². The number of carbonyl (C=O) groups is 1. The summed E-state index contributed by atoms with van der Waals surface area (Å²) in [5, 5.41) is 0. The molecule has 8 heteroatoms. The number of rotatable bonds is 7. The van der Waals surface area contributed by atoms with Gasteiger partial charge in [0.1, 0.15) is 5.75 Å². The minimum Gasteiger partial charge on any atom is -0.497 e. The molecular formula is C18H21BrN2O4S. The summed E-state index contributed by atoms with van der Waals surface area (Å²) in [6, 6.07) is 13.7. The van der Waals surface area contributed by atoms with Crippen LogP contribution in [0.1, 0.15) is 5.56 Å². The Morgan fingerprint density at radius 1 is 1.04 bits per heavy atom. The van der Waals surface area contributed by atoms with Gasteiger partial charge in [0.15, 0.2) is 0 Å². The third kappa shape index (κ3) is 5.06. The van der Waals surface area contributed by atoms with Gasteiger partial charge in [0.05, 0.1) is 18.6 Å². The third-order valence-electron chi connectivity index (χ3n) is 3.88. The fourth-order valence-electron chi connectivity index (χ4n) is 2.28. The number of nitrogens with zero attached hydrogens (tertiary/aromatic N) is 2. The van der Waals surface area contributed by atoms with Gasteiger partial charge in [-0.05, 0) is 42.0 Å². The van der Waals surface area contributed by atoms with E-state index < -0.39 is 10.0 Å². The molecule has 0 aliphatic heterocycles. The molecule has 0 spiro atoms. The van der Waals surface area contributed by atoms with E-state index in [-0.39, 0.29) is 17.3 Å². The standard InChI is InChI=1S/C18H21BrN2O4S/c1-20(12-14-4-8-16(25-3)9-5-14)18(22)13-21(2)26(23,24)17-10-6-15(19)7-11-17/h4-11H,12-13H2,1-3H3. The zero-order chi connectivity index (χ0) is 19.3. The van der Waals surface area contributed by atoms with Gasteiger partial charge < -0.3 is 9.64 Å². The van der Waals surface area contributed by atoms with Gasteiger partial charge in [0, 0.05) is 25.1 Å². The quantitative estimate of drug-likeness (QED) is 0.663. The highest BCUT2D eigenvalue weighted by Gasteiger charge is 2.24. The number of hydrogen-bond donors (Lipinski definition) is 0. The highest BCUT2D eigenvalue weighted by molar-refractivity contribution is 9.10. The number of hydrogen-bond acceptors (Lipinski definition) is 4. The summed E-state index contributed by atoms with van der Waals surface area (Å²) in [7, 11) is 0.917. The van der Waals surface area contributed by atoms with E-state index in [1.54, 1.807) is 26.3 Å². The summed E-state index contributed by atoms with van der Waals surface area (Å²) in [6.07, 6.45) is 0. The first-order valence-corrected chi connectivity index (χ1v) is 10.1. The Bertz CT molecular complexity index is 852. The van der Waals surface area contributed by atoms with Crippen molar-refractivity contribution < 1.29 is 17.9 Å². The normalized spacial score (nSPS) is 11.4. The van der Waals surface area contributed by atoms with Crippen LogP contribution in [0, 0.1) is 0 Å². The number of sulfonamides is 1. The molecule has 0 N–H and O–H groups in total. The molecule has 140 valence electrons. The zero-order valence-electron chi connectivity index (χ0n) is 14.8. The predicted molar refractivity (Wildman–Crippen MR) is 103 cm³/mol. The van der Waals surface area contributed by atoms with E-state index in [2.05, 4.69) is 15.9 Å². The summed E-state index contributed by atoms with van der Waals surface area (Å²) in [5.41, 5.74) is 0.931. The number of carbonyl (C=O) groups excluding carboxylic acids is 1. The molecule has 0 unspecified atom stereocenters. The molecule has 0 aromatic heterocycles. The lowest BCUT2D eigenvalue weighted by Crippen LogP contribution is -2.39. The molecule has 0 aliphatic rings. The maximum Gasteiger partial charge on any atom is 0.243 e. The van der Waals surface area contributed by atoms with E-state index in [4.69, 9.17) is 4.74 Å². The Hall–Kier alpha value is -1.90. The Morgan fingerprint density at radius 2 is 1.62 bits per heavy atom. The number of halogens is 1. The lowest BCUT2D eigenvalue weighted by atomic mass is 10.2. The SMILES string of the molecule is COc1ccc(CN(C)C(=O)CN(C)S(=O)(=O)c2ccc(Br)cc2)cc1. The Morgan fingerprint density at radius 3 is 2.15 bits per heavy atom. The average Bonchev–Trinajstić information content (AvgIpc) is 2.62. The summed E-state index contributed by atoms with van der Waals surface area (Å²) >= 11 is 3.27.